The molecule has 110 valence electrons. The fourth-order valence-electron chi connectivity index (χ4n) is 1.72. The number of hydrogen-bond donors (Lipinski definition) is 1. The normalized spacial score (nSPS) is 11.0. The number of nitrogens with zero attached hydrogens (tertiary/aromatic N) is 3. The first-order chi connectivity index (χ1) is 10.0. The largest absolute Gasteiger partial charge is 0.329 e. The highest BCUT2D eigenvalue weighted by Crippen LogP contribution is 2.11. The zero-order chi connectivity index (χ0) is 15.4. The van der Waals surface area contributed by atoms with Crippen molar-refractivity contribution in [3.63, 3.8) is 0 Å². The van der Waals surface area contributed by atoms with E-state index in [1.807, 2.05) is 31.2 Å². The molecule has 2 aromatic rings. The van der Waals surface area contributed by atoms with Crippen LogP contribution in [-0.4, -0.2) is 22.3 Å². The van der Waals surface area contributed by atoms with Crippen LogP contribution in [0.4, 0.5) is 5.82 Å². The summed E-state index contributed by atoms with van der Waals surface area (Å²) in [6.07, 6.45) is 1.67. The molecule has 7 heteroatoms. The average molecular weight is 351 g/mol. The van der Waals surface area contributed by atoms with E-state index in [-0.39, 0.29) is 5.56 Å². The van der Waals surface area contributed by atoms with Crippen LogP contribution in [0.25, 0.3) is 0 Å². The molecule has 1 aromatic carbocycles. The third-order valence-corrected chi connectivity index (χ3v) is 3.40. The summed E-state index contributed by atoms with van der Waals surface area (Å²) >= 11 is 3.39. The minimum atomic E-state index is -0.464. The molecule has 0 spiro atoms. The monoisotopic (exact) mass is 350 g/mol. The highest BCUT2D eigenvalue weighted by atomic mass is 79.9. The van der Waals surface area contributed by atoms with Gasteiger partial charge in [0.05, 0.1) is 6.21 Å². The molecule has 0 unspecified atom stereocenters. The van der Waals surface area contributed by atoms with Crippen LogP contribution in [0, 0.1) is 0 Å². The Morgan fingerprint density at radius 1 is 1.38 bits per heavy atom. The summed E-state index contributed by atoms with van der Waals surface area (Å²) in [5.74, 6) is 0.372. The maximum absolute atomic E-state index is 11.7. The quantitative estimate of drug-likeness (QED) is 0.673. The molecule has 2 rings (SSSR count). The second-order valence-corrected chi connectivity index (χ2v) is 5.29. The fourth-order valence-corrected chi connectivity index (χ4v) is 2.14. The number of H-pyrrole nitrogens is 1. The molecule has 0 atom stereocenters. The smallest absolute Gasteiger partial charge is 0.292 e. The van der Waals surface area contributed by atoms with Crippen molar-refractivity contribution >= 4 is 28.0 Å². The van der Waals surface area contributed by atoms with E-state index in [0.717, 1.165) is 14.6 Å². The summed E-state index contributed by atoms with van der Waals surface area (Å²) in [6.45, 7) is 2.40. The molecule has 6 nitrogen and oxygen atoms in total. The van der Waals surface area contributed by atoms with Crippen LogP contribution in [0.5, 0.6) is 0 Å². The Kier molecular flexibility index (Phi) is 4.74. The molecule has 0 fully saturated rings. The molecular formula is C14H15BrN4O2. The lowest BCUT2D eigenvalue weighted by Crippen LogP contribution is -2.34. The van der Waals surface area contributed by atoms with Crippen LogP contribution in [0.3, 0.4) is 0 Å². The third-order valence-electron chi connectivity index (χ3n) is 2.90. The molecule has 1 aromatic heterocycles. The van der Waals surface area contributed by atoms with Crippen molar-refractivity contribution in [2.24, 2.45) is 12.1 Å². The van der Waals surface area contributed by atoms with Crippen LogP contribution in [0.2, 0.25) is 0 Å². The highest BCUT2D eigenvalue weighted by Gasteiger charge is 2.06. The van der Waals surface area contributed by atoms with Crippen LogP contribution >= 0.6 is 15.9 Å². The number of aromatic amines is 1. The lowest BCUT2D eigenvalue weighted by molar-refractivity contribution is 0.756. The number of benzene rings is 1. The maximum atomic E-state index is 11.7. The van der Waals surface area contributed by atoms with Crippen molar-refractivity contribution in [1.29, 1.82) is 0 Å². The van der Waals surface area contributed by atoms with E-state index < -0.39 is 5.69 Å². The minimum absolute atomic E-state index is 0.371. The summed E-state index contributed by atoms with van der Waals surface area (Å²) in [5.41, 5.74) is 0.0764. The first kappa shape index (κ1) is 15.2. The molecular weight excluding hydrogens is 336 g/mol. The first-order valence-corrected chi connectivity index (χ1v) is 7.18. The van der Waals surface area contributed by atoms with Crippen molar-refractivity contribution in [3.05, 3.63) is 61.2 Å². The molecule has 0 saturated carbocycles. The minimum Gasteiger partial charge on any atom is -0.292 e. The number of rotatable bonds is 4. The van der Waals surface area contributed by atoms with Crippen LogP contribution < -0.4 is 16.3 Å². The maximum Gasteiger partial charge on any atom is 0.329 e. The number of hydrazone groups is 1. The molecule has 0 aliphatic rings. The summed E-state index contributed by atoms with van der Waals surface area (Å²) in [5, 5.41) is 5.86. The Bertz CT molecular complexity index is 748. The summed E-state index contributed by atoms with van der Waals surface area (Å²) < 4.78 is 1.96. The van der Waals surface area contributed by atoms with Gasteiger partial charge >= 0.3 is 5.69 Å². The summed E-state index contributed by atoms with van der Waals surface area (Å²) in [6, 6.07) is 9.01. The van der Waals surface area contributed by atoms with E-state index in [1.54, 1.807) is 11.2 Å². The SMILES string of the molecule is CCN(N=Cc1cccc(Br)c1)c1cc(=O)n(C)c(=O)[nH]1. The van der Waals surface area contributed by atoms with Crippen LogP contribution in [0.1, 0.15) is 12.5 Å². The first-order valence-electron chi connectivity index (χ1n) is 6.38. The predicted octanol–water partition coefficient (Wildman–Crippen LogP) is 1.70. The van der Waals surface area contributed by atoms with Gasteiger partial charge in [0.1, 0.15) is 5.82 Å². The summed E-state index contributed by atoms with van der Waals surface area (Å²) in [7, 11) is 1.42. The van der Waals surface area contributed by atoms with Gasteiger partial charge in [-0.1, -0.05) is 28.1 Å². The molecule has 0 aliphatic carbocycles. The highest BCUT2D eigenvalue weighted by molar-refractivity contribution is 9.10. The third kappa shape index (κ3) is 3.69. The number of halogens is 1. The van der Waals surface area contributed by atoms with E-state index in [4.69, 9.17) is 0 Å². The predicted molar refractivity (Wildman–Crippen MR) is 87.1 cm³/mol. The second-order valence-electron chi connectivity index (χ2n) is 4.37. The standard InChI is InChI=1S/C14H15BrN4O2/c1-3-19(12-8-13(20)18(2)14(21)17-12)16-9-10-5-4-6-11(15)7-10/h4-9H,3H2,1-2H3,(H,17,21). The Balaban J connectivity index is 2.32. The number of anilines is 1. The van der Waals surface area contributed by atoms with E-state index >= 15 is 0 Å². The van der Waals surface area contributed by atoms with Gasteiger partial charge in [-0.25, -0.2) is 9.80 Å². The van der Waals surface area contributed by atoms with E-state index in [9.17, 15) is 9.59 Å². The van der Waals surface area contributed by atoms with Crippen molar-refractivity contribution < 1.29 is 0 Å². The van der Waals surface area contributed by atoms with Gasteiger partial charge in [-0.05, 0) is 24.6 Å². The Hall–Kier alpha value is -2.15. The van der Waals surface area contributed by atoms with Gasteiger partial charge in [0.2, 0.25) is 0 Å². The zero-order valence-corrected chi connectivity index (χ0v) is 13.3. The molecule has 0 saturated heterocycles. The summed E-state index contributed by atoms with van der Waals surface area (Å²) in [4.78, 5) is 25.9. The number of nitrogens with one attached hydrogen (secondary N) is 1. The van der Waals surface area contributed by atoms with Gasteiger partial charge in [0.15, 0.2) is 0 Å². The number of hydrogen-bond acceptors (Lipinski definition) is 4. The van der Waals surface area contributed by atoms with Gasteiger partial charge in [-0.15, -0.1) is 0 Å². The van der Waals surface area contributed by atoms with Crippen LogP contribution in [-0.2, 0) is 7.05 Å². The molecule has 0 amide bonds. The van der Waals surface area contributed by atoms with Gasteiger partial charge in [0.25, 0.3) is 5.56 Å². The van der Waals surface area contributed by atoms with E-state index in [2.05, 4.69) is 26.0 Å². The molecule has 0 aliphatic heterocycles. The van der Waals surface area contributed by atoms with Crippen molar-refractivity contribution in [1.82, 2.24) is 9.55 Å². The topological polar surface area (TPSA) is 70.5 Å². The lowest BCUT2D eigenvalue weighted by atomic mass is 10.2. The van der Waals surface area contributed by atoms with Gasteiger partial charge in [-0.3, -0.25) is 14.3 Å². The van der Waals surface area contributed by atoms with E-state index in [1.165, 1.54) is 13.1 Å². The molecule has 1 heterocycles. The molecule has 21 heavy (non-hydrogen) atoms. The Labute approximate surface area is 129 Å². The molecule has 0 radical (unpaired) electrons. The Morgan fingerprint density at radius 3 is 2.76 bits per heavy atom. The number of aromatic nitrogens is 2. The van der Waals surface area contributed by atoms with Gasteiger partial charge in [0, 0.05) is 24.1 Å². The lowest BCUT2D eigenvalue weighted by Gasteiger charge is -2.16. The second kappa shape index (κ2) is 6.53. The van der Waals surface area contributed by atoms with E-state index in [0.29, 0.717) is 12.4 Å². The van der Waals surface area contributed by atoms with Gasteiger partial charge in [-0.2, -0.15) is 5.10 Å². The Morgan fingerprint density at radius 2 is 2.14 bits per heavy atom. The van der Waals surface area contributed by atoms with Crippen molar-refractivity contribution in [2.45, 2.75) is 6.92 Å². The molecule has 1 N–H and O–H groups in total. The zero-order valence-electron chi connectivity index (χ0n) is 11.7. The van der Waals surface area contributed by atoms with Crippen molar-refractivity contribution in [3.8, 4) is 0 Å². The van der Waals surface area contributed by atoms with Crippen LogP contribution in [0.15, 0.2) is 49.5 Å². The fraction of sp³-hybridized carbons (Fsp3) is 0.214. The van der Waals surface area contributed by atoms with Gasteiger partial charge < -0.3 is 0 Å². The average Bonchev–Trinajstić information content (AvgIpc) is 2.45. The van der Waals surface area contributed by atoms with Crippen molar-refractivity contribution in [2.75, 3.05) is 11.6 Å². The molecule has 0 bridgehead atoms.